The van der Waals surface area contributed by atoms with Crippen LogP contribution in [0.2, 0.25) is 0 Å². The minimum atomic E-state index is 0.223. The van der Waals surface area contributed by atoms with Gasteiger partial charge in [0.25, 0.3) is 0 Å². The maximum Gasteiger partial charge on any atom is 0.231 e. The molecular formula is C11H10BrNO2. The first kappa shape index (κ1) is 10.3. The monoisotopic (exact) mass is 267 g/mol. The maximum atomic E-state index is 9.06. The van der Waals surface area contributed by atoms with E-state index in [1.165, 1.54) is 0 Å². The molecule has 1 aromatic rings. The molecular weight excluding hydrogens is 258 g/mol. The van der Waals surface area contributed by atoms with Crippen molar-refractivity contribution in [1.29, 1.82) is 5.26 Å². The lowest BCUT2D eigenvalue weighted by atomic mass is 9.97. The van der Waals surface area contributed by atoms with Gasteiger partial charge in [0.2, 0.25) is 6.79 Å². The zero-order valence-corrected chi connectivity index (χ0v) is 10.1. The molecule has 0 aromatic heterocycles. The van der Waals surface area contributed by atoms with Crippen LogP contribution in [-0.2, 0) is 0 Å². The molecule has 0 saturated carbocycles. The number of ether oxygens (including phenoxy) is 2. The first-order chi connectivity index (χ1) is 7.15. The van der Waals surface area contributed by atoms with Gasteiger partial charge in [-0.1, -0.05) is 13.8 Å². The standard InChI is InChI=1S/C11H10BrNO2/c1-6(2)9-7(4-13)3-8-11(10(9)12)15-5-14-8/h3,6H,5H2,1-2H3. The molecule has 0 fully saturated rings. The summed E-state index contributed by atoms with van der Waals surface area (Å²) in [6, 6.07) is 3.92. The highest BCUT2D eigenvalue weighted by atomic mass is 79.9. The summed E-state index contributed by atoms with van der Waals surface area (Å²) >= 11 is 3.47. The Hall–Kier alpha value is -1.21. The van der Waals surface area contributed by atoms with Crippen molar-refractivity contribution in [3.05, 3.63) is 21.7 Å². The first-order valence-electron chi connectivity index (χ1n) is 4.67. The lowest BCUT2D eigenvalue weighted by molar-refractivity contribution is 0.173. The van der Waals surface area contributed by atoms with Gasteiger partial charge in [0.1, 0.15) is 0 Å². The van der Waals surface area contributed by atoms with Crippen molar-refractivity contribution in [2.75, 3.05) is 6.79 Å². The average molecular weight is 268 g/mol. The molecule has 1 heterocycles. The van der Waals surface area contributed by atoms with Gasteiger partial charge in [0.15, 0.2) is 11.5 Å². The van der Waals surface area contributed by atoms with E-state index in [-0.39, 0.29) is 12.7 Å². The van der Waals surface area contributed by atoms with Crippen molar-refractivity contribution in [3.63, 3.8) is 0 Å². The topological polar surface area (TPSA) is 42.2 Å². The molecule has 0 amide bonds. The molecule has 0 saturated heterocycles. The number of nitrogens with zero attached hydrogens (tertiary/aromatic N) is 1. The summed E-state index contributed by atoms with van der Waals surface area (Å²) < 4.78 is 11.4. The summed E-state index contributed by atoms with van der Waals surface area (Å²) in [5, 5.41) is 9.06. The van der Waals surface area contributed by atoms with Crippen LogP contribution < -0.4 is 9.47 Å². The SMILES string of the molecule is CC(C)c1c(C#N)cc2c(c1Br)OCO2. The van der Waals surface area contributed by atoms with Crippen molar-refractivity contribution in [3.8, 4) is 17.6 Å². The Labute approximate surface area is 96.7 Å². The van der Waals surface area contributed by atoms with Gasteiger partial charge in [0, 0.05) is 6.07 Å². The van der Waals surface area contributed by atoms with E-state index in [2.05, 4.69) is 22.0 Å². The lowest BCUT2D eigenvalue weighted by Crippen LogP contribution is -1.96. The quantitative estimate of drug-likeness (QED) is 0.785. The molecule has 0 bridgehead atoms. The zero-order chi connectivity index (χ0) is 11.0. The van der Waals surface area contributed by atoms with E-state index in [4.69, 9.17) is 14.7 Å². The van der Waals surface area contributed by atoms with Crippen LogP contribution in [0, 0.1) is 11.3 Å². The summed E-state index contributed by atoms with van der Waals surface area (Å²) in [4.78, 5) is 0. The van der Waals surface area contributed by atoms with Crippen LogP contribution in [-0.4, -0.2) is 6.79 Å². The molecule has 0 spiro atoms. The fraction of sp³-hybridized carbons (Fsp3) is 0.364. The summed E-state index contributed by atoms with van der Waals surface area (Å²) in [5.74, 6) is 1.61. The van der Waals surface area contributed by atoms with E-state index in [9.17, 15) is 0 Å². The van der Waals surface area contributed by atoms with Gasteiger partial charge in [-0.25, -0.2) is 0 Å². The number of nitriles is 1. The van der Waals surface area contributed by atoms with E-state index < -0.39 is 0 Å². The third-order valence-corrected chi connectivity index (χ3v) is 3.13. The molecule has 0 atom stereocenters. The van der Waals surface area contributed by atoms with E-state index in [0.29, 0.717) is 17.1 Å². The van der Waals surface area contributed by atoms with Crippen LogP contribution in [0.3, 0.4) is 0 Å². The van der Waals surface area contributed by atoms with Crippen molar-refractivity contribution in [1.82, 2.24) is 0 Å². The summed E-state index contributed by atoms with van der Waals surface area (Å²) in [7, 11) is 0. The van der Waals surface area contributed by atoms with Crippen LogP contribution in [0.15, 0.2) is 10.5 Å². The van der Waals surface area contributed by atoms with Gasteiger partial charge < -0.3 is 9.47 Å². The molecule has 1 aromatic carbocycles. The minimum Gasteiger partial charge on any atom is -0.454 e. The summed E-state index contributed by atoms with van der Waals surface area (Å²) in [6.07, 6.45) is 0. The van der Waals surface area contributed by atoms with Crippen LogP contribution >= 0.6 is 15.9 Å². The van der Waals surface area contributed by atoms with Gasteiger partial charge in [-0.3, -0.25) is 0 Å². The number of benzene rings is 1. The number of hydrogen-bond acceptors (Lipinski definition) is 3. The van der Waals surface area contributed by atoms with E-state index in [0.717, 1.165) is 10.0 Å². The van der Waals surface area contributed by atoms with Crippen LogP contribution in [0.25, 0.3) is 0 Å². The highest BCUT2D eigenvalue weighted by Gasteiger charge is 2.24. The fourth-order valence-electron chi connectivity index (χ4n) is 1.67. The van der Waals surface area contributed by atoms with Crippen LogP contribution in [0.1, 0.15) is 30.9 Å². The van der Waals surface area contributed by atoms with E-state index in [1.54, 1.807) is 6.07 Å². The van der Waals surface area contributed by atoms with Crippen molar-refractivity contribution in [2.24, 2.45) is 0 Å². The fourth-order valence-corrected chi connectivity index (χ4v) is 2.65. The molecule has 1 aliphatic rings. The minimum absolute atomic E-state index is 0.223. The van der Waals surface area contributed by atoms with E-state index in [1.807, 2.05) is 13.8 Å². The molecule has 2 rings (SSSR count). The second-order valence-electron chi connectivity index (χ2n) is 3.65. The Morgan fingerprint density at radius 1 is 1.47 bits per heavy atom. The van der Waals surface area contributed by atoms with Crippen LogP contribution in [0.4, 0.5) is 0 Å². The maximum absolute atomic E-state index is 9.06. The normalized spacial score (nSPS) is 13.0. The zero-order valence-electron chi connectivity index (χ0n) is 8.50. The predicted molar refractivity (Wildman–Crippen MR) is 59.1 cm³/mol. The Bertz CT molecular complexity index is 449. The van der Waals surface area contributed by atoms with Crippen molar-refractivity contribution in [2.45, 2.75) is 19.8 Å². The molecule has 0 N–H and O–H groups in total. The molecule has 3 nitrogen and oxygen atoms in total. The number of rotatable bonds is 1. The molecule has 0 radical (unpaired) electrons. The smallest absolute Gasteiger partial charge is 0.231 e. The number of halogens is 1. The second-order valence-corrected chi connectivity index (χ2v) is 4.45. The molecule has 0 unspecified atom stereocenters. The first-order valence-corrected chi connectivity index (χ1v) is 5.46. The molecule has 4 heteroatoms. The summed E-state index contributed by atoms with van der Waals surface area (Å²) in [6.45, 7) is 4.31. The Morgan fingerprint density at radius 3 is 2.80 bits per heavy atom. The number of fused-ring (bicyclic) bond motifs is 1. The van der Waals surface area contributed by atoms with Gasteiger partial charge in [0.05, 0.1) is 16.1 Å². The largest absolute Gasteiger partial charge is 0.454 e. The summed E-state index contributed by atoms with van der Waals surface area (Å²) in [5.41, 5.74) is 1.61. The Morgan fingerprint density at radius 2 is 2.20 bits per heavy atom. The predicted octanol–water partition coefficient (Wildman–Crippen LogP) is 3.17. The van der Waals surface area contributed by atoms with E-state index >= 15 is 0 Å². The van der Waals surface area contributed by atoms with Crippen LogP contribution in [0.5, 0.6) is 11.5 Å². The average Bonchev–Trinajstić information content (AvgIpc) is 2.64. The highest BCUT2D eigenvalue weighted by molar-refractivity contribution is 9.10. The van der Waals surface area contributed by atoms with Crippen molar-refractivity contribution < 1.29 is 9.47 Å². The van der Waals surface area contributed by atoms with Gasteiger partial charge in [-0.05, 0) is 27.4 Å². The highest BCUT2D eigenvalue weighted by Crippen LogP contribution is 2.44. The molecule has 1 aliphatic heterocycles. The Balaban J connectivity index is 2.69. The number of hydrogen-bond donors (Lipinski definition) is 0. The van der Waals surface area contributed by atoms with Crippen molar-refractivity contribution >= 4 is 15.9 Å². The lowest BCUT2D eigenvalue weighted by Gasteiger charge is -2.12. The Kier molecular flexibility index (Phi) is 2.57. The van der Waals surface area contributed by atoms with Gasteiger partial charge in [-0.2, -0.15) is 5.26 Å². The third kappa shape index (κ3) is 1.57. The van der Waals surface area contributed by atoms with Gasteiger partial charge >= 0.3 is 0 Å². The molecule has 15 heavy (non-hydrogen) atoms. The molecule has 78 valence electrons. The molecule has 0 aliphatic carbocycles. The van der Waals surface area contributed by atoms with Gasteiger partial charge in [-0.15, -0.1) is 0 Å². The second kappa shape index (κ2) is 3.74. The third-order valence-electron chi connectivity index (χ3n) is 2.34.